The van der Waals surface area contributed by atoms with E-state index in [4.69, 9.17) is 0 Å². The van der Waals surface area contributed by atoms with Crippen molar-refractivity contribution in [3.63, 3.8) is 0 Å². The van der Waals surface area contributed by atoms with Gasteiger partial charge in [-0.15, -0.1) is 11.3 Å². The third-order valence-corrected chi connectivity index (χ3v) is 5.56. The lowest BCUT2D eigenvalue weighted by atomic mass is 10.1. The van der Waals surface area contributed by atoms with Gasteiger partial charge in [0, 0.05) is 10.9 Å². The van der Waals surface area contributed by atoms with Crippen LogP contribution < -0.4 is 0 Å². The van der Waals surface area contributed by atoms with Gasteiger partial charge in [-0.2, -0.15) is 0 Å². The Balaban J connectivity index is 2.11. The summed E-state index contributed by atoms with van der Waals surface area (Å²) in [5.41, 5.74) is 2.15. The summed E-state index contributed by atoms with van der Waals surface area (Å²) >= 11 is 2.85. The maximum atomic E-state index is 11.3. The van der Waals surface area contributed by atoms with Crippen LogP contribution in [-0.4, -0.2) is 26.3 Å². The third-order valence-electron chi connectivity index (χ3n) is 3.32. The van der Waals surface area contributed by atoms with Crippen LogP contribution in [0.5, 0.6) is 0 Å². The first kappa shape index (κ1) is 15.0. The molecule has 0 unspecified atom stereocenters. The molecule has 112 valence electrons. The lowest BCUT2D eigenvalue weighted by Gasteiger charge is -2.10. The van der Waals surface area contributed by atoms with E-state index in [0.29, 0.717) is 6.42 Å². The summed E-state index contributed by atoms with van der Waals surface area (Å²) in [5.74, 6) is -0.809. The number of nitrogens with zero attached hydrogens (tertiary/aromatic N) is 2. The Bertz CT molecular complexity index is 802. The predicted molar refractivity (Wildman–Crippen MR) is 90.4 cm³/mol. The second-order valence-corrected chi connectivity index (χ2v) is 6.78. The number of hydrogen-bond donors (Lipinski definition) is 1. The molecule has 0 amide bonds. The molecule has 0 aliphatic carbocycles. The highest BCUT2D eigenvalue weighted by Crippen LogP contribution is 2.39. The maximum absolute atomic E-state index is 11.3. The molecule has 0 spiro atoms. The third kappa shape index (κ3) is 2.84. The minimum absolute atomic E-state index is 0.498. The summed E-state index contributed by atoms with van der Waals surface area (Å²) in [4.78, 5) is 20.8. The van der Waals surface area contributed by atoms with E-state index >= 15 is 0 Å². The maximum Gasteiger partial charge on any atom is 0.317 e. The topological polar surface area (TPSA) is 63.1 Å². The second-order valence-electron chi connectivity index (χ2n) is 4.73. The number of carbonyl (C=O) groups is 1. The molecule has 4 nitrogen and oxygen atoms in total. The molecule has 0 saturated heterocycles. The number of carboxylic acid groups (broad SMARTS) is 1. The Labute approximate surface area is 136 Å². The van der Waals surface area contributed by atoms with E-state index in [1.165, 1.54) is 18.1 Å². The van der Waals surface area contributed by atoms with Crippen molar-refractivity contribution in [3.05, 3.63) is 42.0 Å². The molecule has 3 aromatic rings. The van der Waals surface area contributed by atoms with Gasteiger partial charge in [-0.1, -0.05) is 49.0 Å². The minimum Gasteiger partial charge on any atom is -0.480 e. The summed E-state index contributed by atoms with van der Waals surface area (Å²) in [6.07, 6.45) is 2.06. The lowest BCUT2D eigenvalue weighted by molar-refractivity contribution is -0.136. The molecule has 0 aliphatic rings. The van der Waals surface area contributed by atoms with E-state index in [2.05, 4.69) is 15.3 Å². The van der Waals surface area contributed by atoms with Crippen LogP contribution in [0.2, 0.25) is 0 Å². The molecule has 1 atom stereocenters. The zero-order valence-electron chi connectivity index (χ0n) is 11.9. The molecule has 0 radical (unpaired) electrons. The van der Waals surface area contributed by atoms with Crippen LogP contribution in [0.1, 0.15) is 13.3 Å². The van der Waals surface area contributed by atoms with Crippen LogP contribution in [-0.2, 0) is 4.79 Å². The van der Waals surface area contributed by atoms with Crippen molar-refractivity contribution >= 4 is 39.3 Å². The number of aliphatic carboxylic acids is 1. The van der Waals surface area contributed by atoms with Crippen molar-refractivity contribution in [1.82, 2.24) is 9.97 Å². The van der Waals surface area contributed by atoms with Crippen molar-refractivity contribution in [2.45, 2.75) is 23.6 Å². The van der Waals surface area contributed by atoms with Crippen LogP contribution >= 0.6 is 23.1 Å². The number of rotatable bonds is 5. The highest BCUT2D eigenvalue weighted by Gasteiger charge is 2.21. The number of thiophene rings is 1. The molecule has 1 aromatic carbocycles. The van der Waals surface area contributed by atoms with Gasteiger partial charge >= 0.3 is 5.97 Å². The summed E-state index contributed by atoms with van der Waals surface area (Å²) in [6, 6.07) is 10.0. The number of aromatic nitrogens is 2. The zero-order valence-corrected chi connectivity index (χ0v) is 13.5. The lowest BCUT2D eigenvalue weighted by Crippen LogP contribution is -2.15. The van der Waals surface area contributed by atoms with Gasteiger partial charge in [-0.05, 0) is 12.0 Å². The molecule has 1 N–H and O–H groups in total. The second kappa shape index (κ2) is 6.46. The fourth-order valence-electron chi connectivity index (χ4n) is 2.21. The van der Waals surface area contributed by atoms with Crippen LogP contribution in [0.3, 0.4) is 0 Å². The van der Waals surface area contributed by atoms with Crippen LogP contribution in [0.4, 0.5) is 0 Å². The van der Waals surface area contributed by atoms with Gasteiger partial charge in [0.2, 0.25) is 0 Å². The van der Waals surface area contributed by atoms with E-state index in [1.54, 1.807) is 11.3 Å². The Kier molecular flexibility index (Phi) is 4.40. The molecule has 3 rings (SSSR count). The van der Waals surface area contributed by atoms with Crippen LogP contribution in [0, 0.1) is 0 Å². The highest BCUT2D eigenvalue weighted by atomic mass is 32.2. The Morgan fingerprint density at radius 1 is 1.32 bits per heavy atom. The standard InChI is InChI=1S/C16H14N2O2S2/c1-2-12(16(19)20)22-15-13-11(10-6-4-3-5-7-10)8-21-14(13)17-9-18-15/h3-9,12H,2H2,1H3,(H,19,20)/t12-/m0/s1. The predicted octanol–water partition coefficient (Wildman–Crippen LogP) is 4.31. The van der Waals surface area contributed by atoms with Gasteiger partial charge < -0.3 is 5.11 Å². The molecule has 2 heterocycles. The smallest absolute Gasteiger partial charge is 0.317 e. The first-order valence-corrected chi connectivity index (χ1v) is 8.63. The van der Waals surface area contributed by atoms with Crippen molar-refractivity contribution in [2.24, 2.45) is 0 Å². The number of benzene rings is 1. The summed E-state index contributed by atoms with van der Waals surface area (Å²) in [7, 11) is 0. The first-order valence-electron chi connectivity index (χ1n) is 6.87. The van der Waals surface area contributed by atoms with Crippen molar-refractivity contribution in [2.75, 3.05) is 0 Å². The monoisotopic (exact) mass is 330 g/mol. The normalized spacial score (nSPS) is 12.4. The van der Waals surface area contributed by atoms with Crippen molar-refractivity contribution in [3.8, 4) is 11.1 Å². The molecule has 0 bridgehead atoms. The summed E-state index contributed by atoms with van der Waals surface area (Å²) in [6.45, 7) is 1.87. The fourth-order valence-corrected chi connectivity index (χ4v) is 4.16. The average Bonchev–Trinajstić information content (AvgIpc) is 2.98. The summed E-state index contributed by atoms with van der Waals surface area (Å²) < 4.78 is 0. The molecule has 2 aromatic heterocycles. The summed E-state index contributed by atoms with van der Waals surface area (Å²) in [5, 5.41) is 12.5. The van der Waals surface area contributed by atoms with Crippen molar-refractivity contribution in [1.29, 1.82) is 0 Å². The van der Waals surface area contributed by atoms with Gasteiger partial charge in [0.05, 0.1) is 5.39 Å². The quantitative estimate of drug-likeness (QED) is 0.558. The number of carboxylic acids is 1. The zero-order chi connectivity index (χ0) is 15.5. The van der Waals surface area contributed by atoms with E-state index in [0.717, 1.165) is 26.4 Å². The molecule has 22 heavy (non-hydrogen) atoms. The first-order chi connectivity index (χ1) is 10.7. The largest absolute Gasteiger partial charge is 0.480 e. The molecular weight excluding hydrogens is 316 g/mol. The Hall–Kier alpha value is -1.92. The Morgan fingerprint density at radius 3 is 2.77 bits per heavy atom. The molecule has 0 aliphatic heterocycles. The van der Waals surface area contributed by atoms with E-state index in [9.17, 15) is 9.90 Å². The minimum atomic E-state index is -0.809. The van der Waals surface area contributed by atoms with Crippen LogP contribution in [0.25, 0.3) is 21.3 Å². The van der Waals surface area contributed by atoms with Gasteiger partial charge in [0.1, 0.15) is 21.4 Å². The van der Waals surface area contributed by atoms with E-state index in [1.807, 2.05) is 37.3 Å². The van der Waals surface area contributed by atoms with Crippen molar-refractivity contribution < 1.29 is 9.90 Å². The molecule has 0 fully saturated rings. The SMILES string of the molecule is CC[C@H](Sc1ncnc2scc(-c3ccccc3)c12)C(=O)O. The van der Waals surface area contributed by atoms with Gasteiger partial charge in [0.15, 0.2) is 0 Å². The number of fused-ring (bicyclic) bond motifs is 1. The fraction of sp³-hybridized carbons (Fsp3) is 0.188. The molecule has 0 saturated carbocycles. The van der Waals surface area contributed by atoms with Gasteiger partial charge in [-0.25, -0.2) is 9.97 Å². The number of thioether (sulfide) groups is 1. The Morgan fingerprint density at radius 2 is 2.09 bits per heavy atom. The molecule has 6 heteroatoms. The van der Waals surface area contributed by atoms with E-state index in [-0.39, 0.29) is 0 Å². The van der Waals surface area contributed by atoms with Gasteiger partial charge in [-0.3, -0.25) is 4.79 Å². The van der Waals surface area contributed by atoms with Gasteiger partial charge in [0.25, 0.3) is 0 Å². The van der Waals surface area contributed by atoms with Crippen LogP contribution in [0.15, 0.2) is 47.1 Å². The highest BCUT2D eigenvalue weighted by molar-refractivity contribution is 8.00. The average molecular weight is 330 g/mol. The number of hydrogen-bond acceptors (Lipinski definition) is 5. The molecular formula is C16H14N2O2S2. The van der Waals surface area contributed by atoms with E-state index < -0.39 is 11.2 Å².